The van der Waals surface area contributed by atoms with Gasteiger partial charge in [-0.25, -0.2) is 9.37 Å². The molecule has 0 saturated carbocycles. The topological polar surface area (TPSA) is 84.8 Å². The average molecular weight is 508 g/mol. The maximum Gasteiger partial charge on any atom is 0.307 e. The minimum atomic E-state index is -0.875. The Labute approximate surface area is 217 Å². The summed E-state index contributed by atoms with van der Waals surface area (Å²) >= 11 is 0. The lowest BCUT2D eigenvalue weighted by Gasteiger charge is -2.40. The molecular formula is C29H34FN3O4. The Balaban J connectivity index is 1.49. The van der Waals surface area contributed by atoms with Crippen molar-refractivity contribution in [2.45, 2.75) is 47.0 Å². The summed E-state index contributed by atoms with van der Waals surface area (Å²) in [7, 11) is 0. The predicted octanol–water partition coefficient (Wildman–Crippen LogP) is 5.61. The Morgan fingerprint density at radius 1 is 1.05 bits per heavy atom. The van der Waals surface area contributed by atoms with Crippen molar-refractivity contribution in [2.75, 3.05) is 31.2 Å². The van der Waals surface area contributed by atoms with Gasteiger partial charge in [0.1, 0.15) is 24.8 Å². The molecule has 0 unspecified atom stereocenters. The van der Waals surface area contributed by atoms with Crippen molar-refractivity contribution in [1.82, 2.24) is 9.97 Å². The van der Waals surface area contributed by atoms with Gasteiger partial charge in [0.25, 0.3) is 0 Å². The minimum Gasteiger partial charge on any atom is -0.490 e. The largest absolute Gasteiger partial charge is 0.490 e. The lowest BCUT2D eigenvalue weighted by Crippen LogP contribution is -2.38. The molecular weight excluding hydrogens is 473 g/mol. The van der Waals surface area contributed by atoms with Crippen molar-refractivity contribution in [1.29, 1.82) is 0 Å². The Kier molecular flexibility index (Phi) is 7.95. The molecule has 196 valence electrons. The summed E-state index contributed by atoms with van der Waals surface area (Å²) in [5.41, 5.74) is 4.93. The van der Waals surface area contributed by atoms with Gasteiger partial charge in [-0.05, 0) is 61.9 Å². The van der Waals surface area contributed by atoms with E-state index in [-0.39, 0.29) is 24.3 Å². The first kappa shape index (κ1) is 26.4. The minimum absolute atomic E-state index is 0.0793. The van der Waals surface area contributed by atoms with Gasteiger partial charge in [0.05, 0.1) is 12.1 Å². The standard InChI is InChI=1S/C29H34FN3O4/c1-19-15-22(6-7-25(19)30)36-13-14-37-26-8-5-21(17-32-26)24-18-31-20(2)23(16-27(34)35)28(24)33-11-9-29(3,4)10-12-33/h5-8,15,17-18H,9-14,16H2,1-4H3,(H,34,35). The SMILES string of the molecule is Cc1cc(OCCOc2ccc(-c3cnc(C)c(CC(=O)O)c3N3CCC(C)(C)CC3)cn2)ccc1F. The van der Waals surface area contributed by atoms with Gasteiger partial charge in [-0.2, -0.15) is 0 Å². The summed E-state index contributed by atoms with van der Waals surface area (Å²) < 4.78 is 24.8. The average Bonchev–Trinajstić information content (AvgIpc) is 2.86. The molecule has 1 aliphatic rings. The monoisotopic (exact) mass is 507 g/mol. The number of carboxylic acids is 1. The van der Waals surface area contributed by atoms with E-state index in [4.69, 9.17) is 9.47 Å². The van der Waals surface area contributed by atoms with E-state index >= 15 is 0 Å². The van der Waals surface area contributed by atoms with E-state index < -0.39 is 5.97 Å². The highest BCUT2D eigenvalue weighted by molar-refractivity contribution is 5.84. The molecule has 2 aromatic heterocycles. The summed E-state index contributed by atoms with van der Waals surface area (Å²) in [6, 6.07) is 8.33. The van der Waals surface area contributed by atoms with Crippen molar-refractivity contribution in [2.24, 2.45) is 5.41 Å². The van der Waals surface area contributed by atoms with Crippen LogP contribution in [-0.2, 0) is 11.2 Å². The second kappa shape index (κ2) is 11.2. The molecule has 0 aliphatic carbocycles. The number of carbonyl (C=O) groups is 1. The Morgan fingerprint density at radius 2 is 1.78 bits per heavy atom. The van der Waals surface area contributed by atoms with Gasteiger partial charge >= 0.3 is 5.97 Å². The highest BCUT2D eigenvalue weighted by atomic mass is 19.1. The summed E-state index contributed by atoms with van der Waals surface area (Å²) in [6.07, 6.45) is 5.53. The van der Waals surface area contributed by atoms with Crippen LogP contribution in [0.5, 0.6) is 11.6 Å². The highest BCUT2D eigenvalue weighted by Crippen LogP contribution is 2.39. The smallest absolute Gasteiger partial charge is 0.307 e. The fraction of sp³-hybridized carbons (Fsp3) is 0.414. The summed E-state index contributed by atoms with van der Waals surface area (Å²) in [5.74, 6) is -0.0993. The number of rotatable bonds is 9. The number of carboxylic acid groups (broad SMARTS) is 1. The van der Waals surface area contributed by atoms with Crippen LogP contribution in [0.2, 0.25) is 0 Å². The molecule has 0 atom stereocenters. The van der Waals surface area contributed by atoms with Crippen LogP contribution in [0.3, 0.4) is 0 Å². The van der Waals surface area contributed by atoms with Gasteiger partial charge in [0.2, 0.25) is 5.88 Å². The third-order valence-corrected chi connectivity index (χ3v) is 6.90. The van der Waals surface area contributed by atoms with E-state index in [0.29, 0.717) is 23.8 Å². The zero-order chi connectivity index (χ0) is 26.6. The Bertz CT molecular complexity index is 1250. The van der Waals surface area contributed by atoms with Crippen LogP contribution < -0.4 is 14.4 Å². The van der Waals surface area contributed by atoms with Gasteiger partial charge in [-0.1, -0.05) is 13.8 Å². The number of piperidine rings is 1. The third kappa shape index (κ3) is 6.56. The van der Waals surface area contributed by atoms with E-state index in [9.17, 15) is 14.3 Å². The van der Waals surface area contributed by atoms with Crippen molar-refractivity contribution >= 4 is 11.7 Å². The summed E-state index contributed by atoms with van der Waals surface area (Å²) in [4.78, 5) is 23.0. The number of anilines is 1. The number of aromatic nitrogens is 2. The zero-order valence-electron chi connectivity index (χ0n) is 21.9. The molecule has 8 heteroatoms. The first-order valence-corrected chi connectivity index (χ1v) is 12.6. The second-order valence-corrected chi connectivity index (χ2v) is 10.3. The summed E-state index contributed by atoms with van der Waals surface area (Å²) in [5, 5.41) is 9.59. The molecule has 1 saturated heterocycles. The molecule has 3 heterocycles. The number of ether oxygens (including phenoxy) is 2. The normalized spacial score (nSPS) is 14.9. The molecule has 4 rings (SSSR count). The van der Waals surface area contributed by atoms with Crippen molar-refractivity contribution < 1.29 is 23.8 Å². The molecule has 0 spiro atoms. The zero-order valence-corrected chi connectivity index (χ0v) is 21.9. The van der Waals surface area contributed by atoms with Crippen LogP contribution in [0.1, 0.15) is 43.5 Å². The molecule has 1 aliphatic heterocycles. The maximum atomic E-state index is 13.4. The van der Waals surface area contributed by atoms with Crippen LogP contribution in [0.15, 0.2) is 42.7 Å². The number of aliphatic carboxylic acids is 1. The molecule has 0 radical (unpaired) electrons. The Morgan fingerprint density at radius 3 is 2.43 bits per heavy atom. The number of hydrogen-bond donors (Lipinski definition) is 1. The molecule has 1 fully saturated rings. The van der Waals surface area contributed by atoms with Gasteiger partial charge < -0.3 is 19.5 Å². The first-order valence-electron chi connectivity index (χ1n) is 12.6. The van der Waals surface area contributed by atoms with Crippen LogP contribution >= 0.6 is 0 Å². The lowest BCUT2D eigenvalue weighted by atomic mass is 9.82. The number of halogens is 1. The molecule has 3 aromatic rings. The van der Waals surface area contributed by atoms with Crippen LogP contribution in [-0.4, -0.2) is 47.3 Å². The fourth-order valence-electron chi connectivity index (χ4n) is 4.54. The Hall–Kier alpha value is -3.68. The van der Waals surface area contributed by atoms with Crippen LogP contribution in [0.4, 0.5) is 10.1 Å². The van der Waals surface area contributed by atoms with Crippen LogP contribution in [0.25, 0.3) is 11.1 Å². The number of hydrogen-bond acceptors (Lipinski definition) is 6. The lowest BCUT2D eigenvalue weighted by molar-refractivity contribution is -0.136. The van der Waals surface area contributed by atoms with Crippen molar-refractivity contribution in [3.05, 3.63) is 65.4 Å². The number of aryl methyl sites for hydroxylation is 2. The maximum absolute atomic E-state index is 13.4. The number of pyridine rings is 2. The van der Waals surface area contributed by atoms with E-state index in [2.05, 4.69) is 28.7 Å². The van der Waals surface area contributed by atoms with Gasteiger partial charge in [-0.3, -0.25) is 9.78 Å². The quantitative estimate of drug-likeness (QED) is 0.377. The highest BCUT2D eigenvalue weighted by Gasteiger charge is 2.29. The molecule has 37 heavy (non-hydrogen) atoms. The second-order valence-electron chi connectivity index (χ2n) is 10.3. The third-order valence-electron chi connectivity index (χ3n) is 6.90. The number of benzene rings is 1. The predicted molar refractivity (Wildman–Crippen MR) is 141 cm³/mol. The van der Waals surface area contributed by atoms with E-state index in [0.717, 1.165) is 54.0 Å². The van der Waals surface area contributed by atoms with E-state index in [1.165, 1.54) is 6.07 Å². The van der Waals surface area contributed by atoms with Gasteiger partial charge in [0.15, 0.2) is 0 Å². The van der Waals surface area contributed by atoms with Gasteiger partial charge in [0, 0.05) is 53.9 Å². The first-order chi connectivity index (χ1) is 17.6. The number of nitrogens with zero attached hydrogens (tertiary/aromatic N) is 3. The molecule has 7 nitrogen and oxygen atoms in total. The fourth-order valence-corrected chi connectivity index (χ4v) is 4.54. The van der Waals surface area contributed by atoms with E-state index in [1.807, 2.05) is 19.2 Å². The molecule has 0 bridgehead atoms. The molecule has 0 amide bonds. The van der Waals surface area contributed by atoms with Crippen molar-refractivity contribution in [3.8, 4) is 22.8 Å². The van der Waals surface area contributed by atoms with Gasteiger partial charge in [-0.15, -0.1) is 0 Å². The summed E-state index contributed by atoms with van der Waals surface area (Å²) in [6.45, 7) is 10.4. The van der Waals surface area contributed by atoms with E-state index in [1.54, 1.807) is 31.3 Å². The van der Waals surface area contributed by atoms with Crippen LogP contribution in [0, 0.1) is 25.1 Å². The molecule has 1 aromatic carbocycles. The molecule has 1 N–H and O–H groups in total. The van der Waals surface area contributed by atoms with Crippen molar-refractivity contribution in [3.63, 3.8) is 0 Å².